The topological polar surface area (TPSA) is 64.1 Å². The van der Waals surface area contributed by atoms with Crippen molar-refractivity contribution in [1.29, 1.82) is 0 Å². The Hall–Kier alpha value is -1.83. The summed E-state index contributed by atoms with van der Waals surface area (Å²) in [5.41, 5.74) is 2.79. The highest BCUT2D eigenvalue weighted by atomic mass is 32.1. The quantitative estimate of drug-likeness (QED) is 0.785. The van der Waals surface area contributed by atoms with Gasteiger partial charge in [-0.1, -0.05) is 6.07 Å². The molecule has 1 unspecified atom stereocenters. The van der Waals surface area contributed by atoms with Crippen LogP contribution in [0.1, 0.15) is 39.1 Å². The van der Waals surface area contributed by atoms with E-state index >= 15 is 0 Å². The largest absolute Gasteiger partial charge is 0.373 e. The molecule has 1 aliphatic heterocycles. The molecule has 1 N–H and O–H groups in total. The van der Waals surface area contributed by atoms with Crippen LogP contribution in [-0.4, -0.2) is 21.3 Å². The second kappa shape index (κ2) is 6.35. The minimum atomic E-state index is -0.0456. The molecule has 23 heavy (non-hydrogen) atoms. The van der Waals surface area contributed by atoms with Gasteiger partial charge in [0, 0.05) is 18.0 Å². The van der Waals surface area contributed by atoms with Crippen molar-refractivity contribution in [2.45, 2.75) is 25.5 Å². The van der Waals surface area contributed by atoms with Crippen LogP contribution >= 0.6 is 23.1 Å². The number of thiophene rings is 1. The molecular formula is C16H15N3O2S2. The van der Waals surface area contributed by atoms with E-state index in [0.717, 1.165) is 45.8 Å². The van der Waals surface area contributed by atoms with Crippen LogP contribution in [0, 0.1) is 0 Å². The van der Waals surface area contributed by atoms with Crippen molar-refractivity contribution in [3.8, 4) is 0 Å². The zero-order valence-corrected chi connectivity index (χ0v) is 14.0. The Labute approximate surface area is 141 Å². The number of aromatic nitrogens is 2. The van der Waals surface area contributed by atoms with E-state index in [1.807, 2.05) is 30.3 Å². The first-order valence-corrected chi connectivity index (χ1v) is 9.05. The summed E-state index contributed by atoms with van der Waals surface area (Å²) >= 11 is 2.72. The summed E-state index contributed by atoms with van der Waals surface area (Å²) in [6.45, 7) is 1.30. The number of hydrogen-bond acceptors (Lipinski definition) is 6. The van der Waals surface area contributed by atoms with E-state index < -0.39 is 0 Å². The van der Waals surface area contributed by atoms with E-state index in [0.29, 0.717) is 6.54 Å². The first kappa shape index (κ1) is 14.7. The van der Waals surface area contributed by atoms with E-state index in [-0.39, 0.29) is 12.0 Å². The normalized spacial score (nSPS) is 17.7. The first-order valence-electron chi connectivity index (χ1n) is 7.50. The predicted octanol–water partition coefficient (Wildman–Crippen LogP) is 3.53. The maximum absolute atomic E-state index is 12.3. The molecule has 1 saturated heterocycles. The summed E-state index contributed by atoms with van der Waals surface area (Å²) in [5.74, 6) is -0.0456. The van der Waals surface area contributed by atoms with Crippen molar-refractivity contribution in [1.82, 2.24) is 14.1 Å². The highest BCUT2D eigenvalue weighted by molar-refractivity contribution is 7.14. The van der Waals surface area contributed by atoms with Crippen molar-refractivity contribution >= 4 is 40.0 Å². The van der Waals surface area contributed by atoms with E-state index in [2.05, 4.69) is 14.1 Å². The summed E-state index contributed by atoms with van der Waals surface area (Å²) < 4.78 is 14.1. The minimum absolute atomic E-state index is 0.0456. The average Bonchev–Trinajstić information content (AvgIpc) is 3.32. The fourth-order valence-corrected chi connectivity index (χ4v) is 4.18. The molecule has 0 bridgehead atoms. The van der Waals surface area contributed by atoms with Crippen LogP contribution in [-0.2, 0) is 11.3 Å². The number of ether oxygens (including phenoxy) is 1. The smallest absolute Gasteiger partial charge is 0.261 e. The zero-order valence-electron chi connectivity index (χ0n) is 12.3. The molecule has 1 amide bonds. The maximum Gasteiger partial charge on any atom is 0.261 e. The molecule has 5 nitrogen and oxygen atoms in total. The third-order valence-electron chi connectivity index (χ3n) is 3.87. The number of nitrogens with one attached hydrogen (secondary N) is 1. The number of carbonyl (C=O) groups is 1. The van der Waals surface area contributed by atoms with Crippen molar-refractivity contribution < 1.29 is 9.53 Å². The number of amides is 1. The molecule has 0 radical (unpaired) electrons. The van der Waals surface area contributed by atoms with E-state index in [9.17, 15) is 4.79 Å². The highest BCUT2D eigenvalue weighted by Crippen LogP contribution is 2.33. The molecule has 0 saturated carbocycles. The van der Waals surface area contributed by atoms with Gasteiger partial charge in [0.05, 0.1) is 22.7 Å². The lowest BCUT2D eigenvalue weighted by Crippen LogP contribution is -2.21. The van der Waals surface area contributed by atoms with Gasteiger partial charge in [-0.2, -0.15) is 8.75 Å². The SMILES string of the molecule is O=C(NCc1ccc2nsnc2c1)c1ccc(C2CCCO2)s1. The Morgan fingerprint density at radius 1 is 1.26 bits per heavy atom. The van der Waals surface area contributed by atoms with Crippen LogP contribution in [0.25, 0.3) is 11.0 Å². The van der Waals surface area contributed by atoms with E-state index in [1.165, 1.54) is 23.1 Å². The summed E-state index contributed by atoms with van der Waals surface area (Å²) in [4.78, 5) is 14.2. The van der Waals surface area contributed by atoms with Gasteiger partial charge >= 0.3 is 0 Å². The van der Waals surface area contributed by atoms with Crippen LogP contribution in [0.3, 0.4) is 0 Å². The number of rotatable bonds is 4. The summed E-state index contributed by atoms with van der Waals surface area (Å²) in [6, 6.07) is 9.75. The summed E-state index contributed by atoms with van der Waals surface area (Å²) in [7, 11) is 0. The van der Waals surface area contributed by atoms with Gasteiger partial charge in [0.15, 0.2) is 0 Å². The van der Waals surface area contributed by atoms with Crippen LogP contribution < -0.4 is 5.32 Å². The Morgan fingerprint density at radius 2 is 2.17 bits per heavy atom. The number of carbonyl (C=O) groups excluding carboxylic acids is 1. The van der Waals surface area contributed by atoms with E-state index in [4.69, 9.17) is 4.74 Å². The number of fused-ring (bicyclic) bond motifs is 1. The lowest BCUT2D eigenvalue weighted by atomic mass is 10.2. The number of nitrogens with zero attached hydrogens (tertiary/aromatic N) is 2. The van der Waals surface area contributed by atoms with Crippen molar-refractivity contribution in [2.24, 2.45) is 0 Å². The monoisotopic (exact) mass is 345 g/mol. The average molecular weight is 345 g/mol. The second-order valence-corrected chi connectivity index (χ2v) is 7.12. The van der Waals surface area contributed by atoms with Crippen LogP contribution in [0.5, 0.6) is 0 Å². The molecule has 1 aliphatic rings. The fraction of sp³-hybridized carbons (Fsp3) is 0.312. The number of hydrogen-bond donors (Lipinski definition) is 1. The Bertz CT molecular complexity index is 837. The molecule has 2 aromatic heterocycles. The second-order valence-electron chi connectivity index (χ2n) is 5.47. The van der Waals surface area contributed by atoms with Gasteiger partial charge in [-0.05, 0) is 42.7 Å². The summed E-state index contributed by atoms with van der Waals surface area (Å²) in [6.07, 6.45) is 2.31. The standard InChI is InChI=1S/C16H15N3O2S2/c20-16(15-6-5-14(22-15)13-2-1-7-21-13)17-9-10-3-4-11-12(8-10)19-23-18-11/h3-6,8,13H,1-2,7,9H2,(H,17,20). The maximum atomic E-state index is 12.3. The van der Waals surface area contributed by atoms with Crippen molar-refractivity contribution in [3.63, 3.8) is 0 Å². The highest BCUT2D eigenvalue weighted by Gasteiger charge is 2.20. The Morgan fingerprint density at radius 3 is 3.04 bits per heavy atom. The van der Waals surface area contributed by atoms with Gasteiger partial charge in [-0.3, -0.25) is 4.79 Å². The number of benzene rings is 1. The van der Waals surface area contributed by atoms with Gasteiger partial charge < -0.3 is 10.1 Å². The third kappa shape index (κ3) is 3.12. The molecule has 1 atom stereocenters. The molecule has 7 heteroatoms. The predicted molar refractivity (Wildman–Crippen MR) is 90.8 cm³/mol. The van der Waals surface area contributed by atoms with E-state index in [1.54, 1.807) is 0 Å². The fourth-order valence-electron chi connectivity index (χ4n) is 2.66. The summed E-state index contributed by atoms with van der Waals surface area (Å²) in [5, 5.41) is 2.96. The molecule has 3 heterocycles. The van der Waals surface area contributed by atoms with Crippen LogP contribution in [0.2, 0.25) is 0 Å². The lowest BCUT2D eigenvalue weighted by molar-refractivity contribution is 0.0955. The van der Waals surface area contributed by atoms with Crippen molar-refractivity contribution in [3.05, 3.63) is 45.6 Å². The van der Waals surface area contributed by atoms with Crippen molar-refractivity contribution in [2.75, 3.05) is 6.61 Å². The van der Waals surface area contributed by atoms with Gasteiger partial charge in [0.1, 0.15) is 11.0 Å². The molecule has 118 valence electrons. The van der Waals surface area contributed by atoms with Gasteiger partial charge in [0.25, 0.3) is 5.91 Å². The Kier molecular flexibility index (Phi) is 4.07. The lowest BCUT2D eigenvalue weighted by Gasteiger charge is -2.05. The minimum Gasteiger partial charge on any atom is -0.373 e. The van der Waals surface area contributed by atoms with Gasteiger partial charge in [0.2, 0.25) is 0 Å². The van der Waals surface area contributed by atoms with Crippen LogP contribution in [0.15, 0.2) is 30.3 Å². The Balaban J connectivity index is 1.41. The van der Waals surface area contributed by atoms with Gasteiger partial charge in [-0.15, -0.1) is 11.3 Å². The molecule has 3 aromatic rings. The van der Waals surface area contributed by atoms with Crippen LogP contribution in [0.4, 0.5) is 0 Å². The third-order valence-corrected chi connectivity index (χ3v) is 5.60. The molecule has 4 rings (SSSR count). The molecule has 1 fully saturated rings. The first-order chi connectivity index (χ1) is 11.3. The van der Waals surface area contributed by atoms with Gasteiger partial charge in [-0.25, -0.2) is 0 Å². The molecule has 0 spiro atoms. The molecule has 1 aromatic carbocycles. The zero-order chi connectivity index (χ0) is 15.6. The molecule has 0 aliphatic carbocycles. The molecular weight excluding hydrogens is 330 g/mol.